The Morgan fingerprint density at radius 3 is 2.47 bits per heavy atom. The largest absolute Gasteiger partial charge is 0.288 e. The van der Waals surface area contributed by atoms with Gasteiger partial charge in [0.25, 0.3) is 0 Å². The molecule has 0 unspecified atom stereocenters. The monoisotopic (exact) mass is 358 g/mol. The van der Waals surface area contributed by atoms with Gasteiger partial charge in [-0.1, -0.05) is 34.8 Å². The Morgan fingerprint density at radius 2 is 1.95 bits per heavy atom. The SMILES string of the molecule is O=c1cc(Cl)[nH]nc1CS(=O)(=O)c1cc(Cl)sc1Cl. The summed E-state index contributed by atoms with van der Waals surface area (Å²) in [6, 6.07) is 2.30. The number of aromatic amines is 1. The molecule has 0 aliphatic rings. The smallest absolute Gasteiger partial charge is 0.205 e. The van der Waals surface area contributed by atoms with E-state index in [1.165, 1.54) is 6.07 Å². The summed E-state index contributed by atoms with van der Waals surface area (Å²) in [6.45, 7) is 0. The van der Waals surface area contributed by atoms with E-state index in [0.717, 1.165) is 17.4 Å². The van der Waals surface area contributed by atoms with Crippen LogP contribution < -0.4 is 5.43 Å². The second-order valence-corrected chi connectivity index (χ2v) is 8.13. The quantitative estimate of drug-likeness (QED) is 0.914. The molecule has 2 aromatic heterocycles. The second kappa shape index (κ2) is 5.41. The van der Waals surface area contributed by atoms with Crippen LogP contribution in [-0.2, 0) is 15.6 Å². The Morgan fingerprint density at radius 1 is 1.26 bits per heavy atom. The van der Waals surface area contributed by atoms with Crippen LogP contribution >= 0.6 is 46.1 Å². The molecule has 0 bridgehead atoms. The molecule has 2 heterocycles. The zero-order valence-electron chi connectivity index (χ0n) is 8.98. The molecule has 0 aliphatic heterocycles. The van der Waals surface area contributed by atoms with Crippen LogP contribution in [-0.4, -0.2) is 18.6 Å². The lowest BCUT2D eigenvalue weighted by atomic mass is 10.4. The molecule has 5 nitrogen and oxygen atoms in total. The third-order valence-electron chi connectivity index (χ3n) is 2.13. The third kappa shape index (κ3) is 3.29. The first-order chi connectivity index (χ1) is 8.79. The molecule has 0 fully saturated rings. The van der Waals surface area contributed by atoms with Gasteiger partial charge in [0.15, 0.2) is 9.84 Å². The fraction of sp³-hybridized carbons (Fsp3) is 0.111. The summed E-state index contributed by atoms with van der Waals surface area (Å²) < 4.78 is 24.5. The lowest BCUT2D eigenvalue weighted by Gasteiger charge is -2.01. The third-order valence-corrected chi connectivity index (χ3v) is 5.70. The number of nitrogens with zero attached hydrogens (tertiary/aromatic N) is 1. The Hall–Kier alpha value is -0.600. The van der Waals surface area contributed by atoms with E-state index in [1.54, 1.807) is 0 Å². The molecule has 0 saturated heterocycles. The highest BCUT2D eigenvalue weighted by atomic mass is 35.5. The van der Waals surface area contributed by atoms with Gasteiger partial charge < -0.3 is 0 Å². The second-order valence-electron chi connectivity index (χ2n) is 3.47. The van der Waals surface area contributed by atoms with Crippen LogP contribution in [0.5, 0.6) is 0 Å². The van der Waals surface area contributed by atoms with E-state index < -0.39 is 21.0 Å². The van der Waals surface area contributed by atoms with Gasteiger partial charge in [0.1, 0.15) is 20.9 Å². The topological polar surface area (TPSA) is 79.9 Å². The molecule has 0 aliphatic carbocycles. The van der Waals surface area contributed by atoms with Gasteiger partial charge in [-0.25, -0.2) is 8.42 Å². The summed E-state index contributed by atoms with van der Waals surface area (Å²) in [5, 5.41) is 5.96. The number of hydrogen-bond acceptors (Lipinski definition) is 5. The number of H-pyrrole nitrogens is 1. The number of nitrogens with one attached hydrogen (secondary N) is 1. The summed E-state index contributed by atoms with van der Waals surface area (Å²) in [5.41, 5.74) is -0.729. The molecule has 10 heteroatoms. The molecule has 2 rings (SSSR count). The molecule has 0 radical (unpaired) electrons. The van der Waals surface area contributed by atoms with Crippen LogP contribution in [0.3, 0.4) is 0 Å². The van der Waals surface area contributed by atoms with Gasteiger partial charge >= 0.3 is 0 Å². The van der Waals surface area contributed by atoms with Gasteiger partial charge in [-0.2, -0.15) is 5.10 Å². The fourth-order valence-corrected chi connectivity index (χ4v) is 4.98. The molecule has 2 aromatic rings. The molecule has 0 amide bonds. The number of rotatable bonds is 3. The van der Waals surface area contributed by atoms with E-state index in [9.17, 15) is 13.2 Å². The predicted molar refractivity (Wildman–Crippen MR) is 75.1 cm³/mol. The first-order valence-electron chi connectivity index (χ1n) is 4.71. The number of hydrogen-bond donors (Lipinski definition) is 1. The van der Waals surface area contributed by atoms with E-state index in [0.29, 0.717) is 0 Å². The zero-order chi connectivity index (χ0) is 14.2. The molecular weight excluding hydrogens is 355 g/mol. The zero-order valence-corrected chi connectivity index (χ0v) is 12.9. The minimum absolute atomic E-state index is 0.0303. The van der Waals surface area contributed by atoms with Crippen LogP contribution in [0.25, 0.3) is 0 Å². The predicted octanol–water partition coefficient (Wildman–Crippen LogP) is 2.77. The van der Waals surface area contributed by atoms with Crippen LogP contribution in [0, 0.1) is 0 Å². The molecule has 1 N–H and O–H groups in total. The average Bonchev–Trinajstić information content (AvgIpc) is 2.63. The van der Waals surface area contributed by atoms with Gasteiger partial charge in [0.2, 0.25) is 5.43 Å². The highest BCUT2D eigenvalue weighted by Crippen LogP contribution is 2.35. The van der Waals surface area contributed by atoms with E-state index in [4.69, 9.17) is 34.8 Å². The van der Waals surface area contributed by atoms with Gasteiger partial charge in [-0.3, -0.25) is 9.89 Å². The summed E-state index contributed by atoms with van der Waals surface area (Å²) in [6.07, 6.45) is 0. The van der Waals surface area contributed by atoms with Gasteiger partial charge in [0.05, 0.1) is 9.23 Å². The lowest BCUT2D eigenvalue weighted by molar-refractivity contribution is 0.594. The molecule has 0 aromatic carbocycles. The minimum Gasteiger partial charge on any atom is -0.288 e. The maximum absolute atomic E-state index is 12.1. The maximum atomic E-state index is 12.1. The standard InChI is InChI=1S/C9H5Cl3N2O3S2/c10-7-1-5(15)4(13-14-7)3-19(16,17)6-2-8(11)18-9(6)12/h1-2H,3H2,(H,14,15). The Bertz CT molecular complexity index is 782. The molecule has 0 saturated carbocycles. The van der Waals surface area contributed by atoms with Crippen molar-refractivity contribution in [3.63, 3.8) is 0 Å². The highest BCUT2D eigenvalue weighted by molar-refractivity contribution is 7.91. The van der Waals surface area contributed by atoms with Crippen molar-refractivity contribution in [2.45, 2.75) is 10.6 Å². The number of aromatic nitrogens is 2. The minimum atomic E-state index is -3.79. The molecule has 102 valence electrons. The normalized spacial score (nSPS) is 11.7. The van der Waals surface area contributed by atoms with Gasteiger partial charge in [-0.15, -0.1) is 11.3 Å². The lowest BCUT2D eigenvalue weighted by Crippen LogP contribution is -2.16. The first-order valence-corrected chi connectivity index (χ1v) is 8.31. The highest BCUT2D eigenvalue weighted by Gasteiger charge is 2.23. The van der Waals surface area contributed by atoms with Crippen molar-refractivity contribution in [2.24, 2.45) is 0 Å². The molecule has 0 atom stereocenters. The van der Waals surface area contributed by atoms with E-state index >= 15 is 0 Å². The van der Waals surface area contributed by atoms with E-state index in [2.05, 4.69) is 10.2 Å². The van der Waals surface area contributed by atoms with Crippen LogP contribution in [0.2, 0.25) is 13.8 Å². The Balaban J connectivity index is 2.42. The number of thiophene rings is 1. The van der Waals surface area contributed by atoms with Crippen molar-refractivity contribution >= 4 is 56.0 Å². The van der Waals surface area contributed by atoms with Crippen molar-refractivity contribution in [2.75, 3.05) is 0 Å². The van der Waals surface area contributed by atoms with Crippen LogP contribution in [0.15, 0.2) is 21.8 Å². The van der Waals surface area contributed by atoms with Crippen molar-refractivity contribution in [3.8, 4) is 0 Å². The van der Waals surface area contributed by atoms with Crippen molar-refractivity contribution in [3.05, 3.63) is 41.9 Å². The Labute approximate surface area is 127 Å². The van der Waals surface area contributed by atoms with Crippen molar-refractivity contribution < 1.29 is 8.42 Å². The van der Waals surface area contributed by atoms with Crippen molar-refractivity contribution in [1.82, 2.24) is 10.2 Å². The van der Waals surface area contributed by atoms with E-state index in [1.807, 2.05) is 0 Å². The summed E-state index contributed by atoms with van der Waals surface area (Å²) in [5.74, 6) is -0.577. The first kappa shape index (κ1) is 14.8. The molecule has 19 heavy (non-hydrogen) atoms. The number of halogens is 3. The number of sulfone groups is 1. The molecule has 0 spiro atoms. The summed E-state index contributed by atoms with van der Waals surface area (Å²) in [4.78, 5) is 11.4. The van der Waals surface area contributed by atoms with Gasteiger partial charge in [-0.05, 0) is 6.07 Å². The maximum Gasteiger partial charge on any atom is 0.205 e. The van der Waals surface area contributed by atoms with Crippen molar-refractivity contribution in [1.29, 1.82) is 0 Å². The van der Waals surface area contributed by atoms with Crippen LogP contribution in [0.4, 0.5) is 0 Å². The van der Waals surface area contributed by atoms with Gasteiger partial charge in [0, 0.05) is 6.07 Å². The van der Waals surface area contributed by atoms with E-state index in [-0.39, 0.29) is 24.4 Å². The fourth-order valence-electron chi connectivity index (χ4n) is 1.31. The van der Waals surface area contributed by atoms with Crippen LogP contribution in [0.1, 0.15) is 5.69 Å². The molecular formula is C9H5Cl3N2O3S2. The average molecular weight is 360 g/mol. The summed E-state index contributed by atoms with van der Waals surface area (Å²) in [7, 11) is -3.79. The summed E-state index contributed by atoms with van der Waals surface area (Å²) >= 11 is 18.0. The Kier molecular flexibility index (Phi) is 4.22.